The second kappa shape index (κ2) is 3.14. The van der Waals surface area contributed by atoms with E-state index in [0.717, 1.165) is 11.8 Å². The molecule has 0 aromatic carbocycles. The van der Waals surface area contributed by atoms with E-state index in [2.05, 4.69) is 11.8 Å². The fourth-order valence-electron chi connectivity index (χ4n) is 2.12. The van der Waals surface area contributed by atoms with Crippen molar-refractivity contribution >= 4 is 0 Å². The first-order valence-corrected chi connectivity index (χ1v) is 5.07. The largest absolute Gasteiger partial charge is 0.303 e. The normalized spacial score (nSPS) is 34.1. The average molecular weight is 153 g/mol. The van der Waals surface area contributed by atoms with Crippen molar-refractivity contribution in [3.05, 3.63) is 0 Å². The van der Waals surface area contributed by atoms with Gasteiger partial charge in [-0.15, -0.1) is 0 Å². The molecule has 64 valence electrons. The summed E-state index contributed by atoms with van der Waals surface area (Å²) in [7, 11) is 0. The summed E-state index contributed by atoms with van der Waals surface area (Å²) in [5.41, 5.74) is 0. The highest BCUT2D eigenvalue weighted by molar-refractivity contribution is 4.79. The lowest BCUT2D eigenvalue weighted by atomic mass is 10.0. The fourth-order valence-corrected chi connectivity index (χ4v) is 2.12. The molecule has 1 aliphatic heterocycles. The molecule has 11 heavy (non-hydrogen) atoms. The number of piperidine rings is 1. The fraction of sp³-hybridized carbons (Fsp3) is 1.00. The van der Waals surface area contributed by atoms with Crippen LogP contribution in [0.25, 0.3) is 0 Å². The molecule has 0 amide bonds. The summed E-state index contributed by atoms with van der Waals surface area (Å²) in [4.78, 5) is 2.67. The first kappa shape index (κ1) is 7.60. The highest BCUT2D eigenvalue weighted by atomic mass is 15.1. The molecular formula is C10H19N. The topological polar surface area (TPSA) is 3.24 Å². The minimum absolute atomic E-state index is 0.961. The minimum atomic E-state index is 0.961. The van der Waals surface area contributed by atoms with Gasteiger partial charge < -0.3 is 4.90 Å². The van der Waals surface area contributed by atoms with Crippen LogP contribution in [0, 0.1) is 11.8 Å². The Morgan fingerprint density at radius 1 is 1.27 bits per heavy atom. The van der Waals surface area contributed by atoms with Gasteiger partial charge >= 0.3 is 0 Å². The van der Waals surface area contributed by atoms with Crippen LogP contribution in [-0.2, 0) is 0 Å². The molecule has 2 fully saturated rings. The van der Waals surface area contributed by atoms with Crippen LogP contribution in [0.3, 0.4) is 0 Å². The molecule has 1 nitrogen and oxygen atoms in total. The summed E-state index contributed by atoms with van der Waals surface area (Å²) < 4.78 is 0. The molecule has 0 spiro atoms. The first-order chi connectivity index (χ1) is 5.34. The molecule has 1 aliphatic carbocycles. The van der Waals surface area contributed by atoms with Crippen molar-refractivity contribution < 1.29 is 0 Å². The van der Waals surface area contributed by atoms with E-state index in [-0.39, 0.29) is 0 Å². The van der Waals surface area contributed by atoms with Crippen LogP contribution in [-0.4, -0.2) is 24.5 Å². The molecule has 0 bridgehead atoms. The Bertz CT molecular complexity index is 127. The van der Waals surface area contributed by atoms with Gasteiger partial charge in [0, 0.05) is 13.1 Å². The van der Waals surface area contributed by atoms with Crippen molar-refractivity contribution in [1.29, 1.82) is 0 Å². The zero-order chi connectivity index (χ0) is 7.68. The molecule has 1 saturated carbocycles. The van der Waals surface area contributed by atoms with E-state index in [1.165, 1.54) is 45.3 Å². The summed E-state index contributed by atoms with van der Waals surface area (Å²) in [5, 5.41) is 0. The van der Waals surface area contributed by atoms with Crippen molar-refractivity contribution in [2.24, 2.45) is 11.8 Å². The molecule has 1 heteroatoms. The van der Waals surface area contributed by atoms with Crippen LogP contribution in [0.4, 0.5) is 0 Å². The second-order valence-corrected chi connectivity index (χ2v) is 4.45. The summed E-state index contributed by atoms with van der Waals surface area (Å²) in [6.07, 6.45) is 5.91. The summed E-state index contributed by atoms with van der Waals surface area (Å²) in [6.45, 7) is 6.54. The predicted molar refractivity (Wildman–Crippen MR) is 47.6 cm³/mol. The van der Waals surface area contributed by atoms with Crippen molar-refractivity contribution in [2.45, 2.75) is 32.6 Å². The van der Waals surface area contributed by atoms with Crippen LogP contribution in [0.5, 0.6) is 0 Å². The van der Waals surface area contributed by atoms with Crippen LogP contribution in [0.2, 0.25) is 0 Å². The zero-order valence-corrected chi connectivity index (χ0v) is 7.55. The summed E-state index contributed by atoms with van der Waals surface area (Å²) in [5.74, 6) is 2.04. The molecule has 1 unspecified atom stereocenters. The molecule has 1 saturated heterocycles. The van der Waals surface area contributed by atoms with Gasteiger partial charge in [-0.1, -0.05) is 6.92 Å². The average Bonchev–Trinajstić information content (AvgIpc) is 2.71. The maximum atomic E-state index is 2.67. The van der Waals surface area contributed by atoms with Crippen LogP contribution >= 0.6 is 0 Å². The third kappa shape index (κ3) is 2.19. The van der Waals surface area contributed by atoms with Gasteiger partial charge in [0.25, 0.3) is 0 Å². The van der Waals surface area contributed by atoms with Gasteiger partial charge in [-0.2, -0.15) is 0 Å². The zero-order valence-electron chi connectivity index (χ0n) is 7.55. The Hall–Kier alpha value is -0.0400. The first-order valence-electron chi connectivity index (χ1n) is 5.07. The highest BCUT2D eigenvalue weighted by Crippen LogP contribution is 2.31. The lowest BCUT2D eigenvalue weighted by Gasteiger charge is -2.30. The van der Waals surface area contributed by atoms with E-state index in [0.29, 0.717) is 0 Å². The van der Waals surface area contributed by atoms with Gasteiger partial charge in [0.2, 0.25) is 0 Å². The minimum Gasteiger partial charge on any atom is -0.303 e. The van der Waals surface area contributed by atoms with Crippen LogP contribution in [0.1, 0.15) is 32.6 Å². The van der Waals surface area contributed by atoms with Crippen molar-refractivity contribution in [3.8, 4) is 0 Å². The molecule has 2 aliphatic rings. The quantitative estimate of drug-likeness (QED) is 0.587. The Morgan fingerprint density at radius 2 is 2.09 bits per heavy atom. The molecule has 0 radical (unpaired) electrons. The van der Waals surface area contributed by atoms with Crippen LogP contribution < -0.4 is 0 Å². The van der Waals surface area contributed by atoms with Gasteiger partial charge in [0.15, 0.2) is 0 Å². The maximum Gasteiger partial charge on any atom is 0.000977 e. The maximum absolute atomic E-state index is 2.67. The van der Waals surface area contributed by atoms with Gasteiger partial charge in [0.05, 0.1) is 0 Å². The van der Waals surface area contributed by atoms with E-state index in [9.17, 15) is 0 Å². The lowest BCUT2D eigenvalue weighted by molar-refractivity contribution is 0.177. The third-order valence-corrected chi connectivity index (χ3v) is 2.95. The molecule has 0 aromatic heterocycles. The van der Waals surface area contributed by atoms with Gasteiger partial charge in [-0.25, -0.2) is 0 Å². The third-order valence-electron chi connectivity index (χ3n) is 2.95. The predicted octanol–water partition coefficient (Wildman–Crippen LogP) is 2.13. The lowest BCUT2D eigenvalue weighted by Crippen LogP contribution is -2.35. The Morgan fingerprint density at radius 3 is 2.73 bits per heavy atom. The number of nitrogens with zero attached hydrogens (tertiary/aromatic N) is 1. The standard InChI is InChI=1S/C10H19N/c1-9-3-2-6-11(7-9)8-10-4-5-10/h9-10H,2-8H2,1H3. The summed E-state index contributed by atoms with van der Waals surface area (Å²) in [6, 6.07) is 0. The SMILES string of the molecule is CC1CCCN(CC2CC2)C1. The Balaban J connectivity index is 1.73. The second-order valence-electron chi connectivity index (χ2n) is 4.45. The number of hydrogen-bond donors (Lipinski definition) is 0. The Labute approximate surface area is 69.8 Å². The van der Waals surface area contributed by atoms with Gasteiger partial charge in [-0.3, -0.25) is 0 Å². The monoisotopic (exact) mass is 153 g/mol. The number of hydrogen-bond acceptors (Lipinski definition) is 1. The molecule has 0 aromatic rings. The van der Waals surface area contributed by atoms with Crippen molar-refractivity contribution in [2.75, 3.05) is 19.6 Å². The van der Waals surface area contributed by atoms with Gasteiger partial charge in [-0.05, 0) is 44.1 Å². The van der Waals surface area contributed by atoms with E-state index in [1.807, 2.05) is 0 Å². The molecule has 2 rings (SSSR count). The van der Waals surface area contributed by atoms with Crippen molar-refractivity contribution in [3.63, 3.8) is 0 Å². The molecule has 1 heterocycles. The highest BCUT2D eigenvalue weighted by Gasteiger charge is 2.26. The smallest absolute Gasteiger partial charge is 0.000977 e. The van der Waals surface area contributed by atoms with E-state index in [4.69, 9.17) is 0 Å². The number of rotatable bonds is 2. The summed E-state index contributed by atoms with van der Waals surface area (Å²) >= 11 is 0. The van der Waals surface area contributed by atoms with Gasteiger partial charge in [0.1, 0.15) is 0 Å². The molecular weight excluding hydrogens is 134 g/mol. The van der Waals surface area contributed by atoms with E-state index < -0.39 is 0 Å². The van der Waals surface area contributed by atoms with Crippen molar-refractivity contribution in [1.82, 2.24) is 4.90 Å². The number of likely N-dealkylation sites (tertiary alicyclic amines) is 1. The van der Waals surface area contributed by atoms with Crippen LogP contribution in [0.15, 0.2) is 0 Å². The Kier molecular flexibility index (Phi) is 2.17. The van der Waals surface area contributed by atoms with E-state index >= 15 is 0 Å². The molecule has 0 N–H and O–H groups in total. The molecule has 1 atom stereocenters. The van der Waals surface area contributed by atoms with E-state index in [1.54, 1.807) is 0 Å².